The van der Waals surface area contributed by atoms with E-state index in [1.54, 1.807) is 38.1 Å². The van der Waals surface area contributed by atoms with Gasteiger partial charge in [0.2, 0.25) is 10.0 Å². The normalized spacial score (nSPS) is 11.7. The molecule has 0 saturated carbocycles. The van der Waals surface area contributed by atoms with Crippen molar-refractivity contribution in [2.24, 2.45) is 0 Å². The number of aromatic amines is 1. The molecule has 0 spiro atoms. The van der Waals surface area contributed by atoms with E-state index in [4.69, 9.17) is 16.3 Å². The van der Waals surface area contributed by atoms with Crippen molar-refractivity contribution in [3.63, 3.8) is 0 Å². The highest BCUT2D eigenvalue weighted by atomic mass is 35.5. The van der Waals surface area contributed by atoms with Gasteiger partial charge in [-0.25, -0.2) is 13.2 Å². The maximum atomic E-state index is 13.7. The summed E-state index contributed by atoms with van der Waals surface area (Å²) >= 11 is 6.01. The summed E-state index contributed by atoms with van der Waals surface area (Å²) in [7, 11) is -3.82. The molecule has 0 radical (unpaired) electrons. The number of benzene rings is 2. The number of aryl methyl sites for hydroxylation is 2. The molecule has 0 aliphatic heterocycles. The number of esters is 1. The van der Waals surface area contributed by atoms with E-state index in [0.717, 1.165) is 28.8 Å². The summed E-state index contributed by atoms with van der Waals surface area (Å²) in [5.74, 6) is -0.452. The van der Waals surface area contributed by atoms with Crippen molar-refractivity contribution < 1.29 is 17.9 Å². The number of aromatic nitrogens is 1. The Bertz CT molecular complexity index is 1220. The number of rotatable bonds is 9. The van der Waals surface area contributed by atoms with E-state index in [-0.39, 0.29) is 24.6 Å². The molecule has 0 aliphatic rings. The average Bonchev–Trinajstić information content (AvgIpc) is 3.08. The summed E-state index contributed by atoms with van der Waals surface area (Å²) in [6.07, 6.45) is 0.827. The van der Waals surface area contributed by atoms with Crippen LogP contribution < -0.4 is 0 Å². The first-order valence-corrected chi connectivity index (χ1v) is 12.7. The van der Waals surface area contributed by atoms with E-state index in [1.165, 1.54) is 4.31 Å². The van der Waals surface area contributed by atoms with Crippen molar-refractivity contribution in [3.05, 3.63) is 87.2 Å². The molecule has 33 heavy (non-hydrogen) atoms. The lowest BCUT2D eigenvalue weighted by Crippen LogP contribution is -2.30. The first-order valence-electron chi connectivity index (χ1n) is 10.9. The lowest BCUT2D eigenvalue weighted by atomic mass is 10.1. The van der Waals surface area contributed by atoms with Gasteiger partial charge in [0.05, 0.1) is 11.5 Å². The van der Waals surface area contributed by atoms with Crippen molar-refractivity contribution in [2.75, 3.05) is 6.61 Å². The zero-order valence-electron chi connectivity index (χ0n) is 19.3. The third kappa shape index (κ3) is 5.66. The predicted molar refractivity (Wildman–Crippen MR) is 130 cm³/mol. The monoisotopic (exact) mass is 488 g/mol. The minimum atomic E-state index is -3.82. The predicted octanol–water partition coefficient (Wildman–Crippen LogP) is 5.42. The molecule has 176 valence electrons. The molecule has 0 atom stereocenters. The van der Waals surface area contributed by atoms with Crippen LogP contribution in [0.2, 0.25) is 5.02 Å². The van der Waals surface area contributed by atoms with Gasteiger partial charge in [0.25, 0.3) is 0 Å². The number of hydrogen-bond donors (Lipinski definition) is 1. The van der Waals surface area contributed by atoms with Crippen molar-refractivity contribution in [3.8, 4) is 0 Å². The minimum Gasteiger partial charge on any atom is -0.461 e. The largest absolute Gasteiger partial charge is 0.461 e. The van der Waals surface area contributed by atoms with E-state index in [0.29, 0.717) is 16.3 Å². The Morgan fingerprint density at radius 1 is 0.970 bits per heavy atom. The molecule has 1 N–H and O–H groups in total. The zero-order chi connectivity index (χ0) is 24.2. The standard InChI is InChI=1S/C25H29ClN2O4S/c1-5-19-9-13-22(14-10-19)33(30,31)28(15-20-7-11-21(26)12-8-20)16-23-17(3)24(27-18(23)4)25(29)32-6-2/h7-14,27H,5-6,15-16H2,1-4H3. The van der Waals surface area contributed by atoms with E-state index < -0.39 is 16.0 Å². The Morgan fingerprint density at radius 2 is 1.58 bits per heavy atom. The molecule has 3 rings (SSSR count). The van der Waals surface area contributed by atoms with Crippen molar-refractivity contribution in [1.29, 1.82) is 0 Å². The molecule has 0 unspecified atom stereocenters. The fraction of sp³-hybridized carbons (Fsp3) is 0.320. The lowest BCUT2D eigenvalue weighted by Gasteiger charge is -2.23. The highest BCUT2D eigenvalue weighted by Gasteiger charge is 2.28. The summed E-state index contributed by atoms with van der Waals surface area (Å²) in [5, 5.41) is 0.583. The fourth-order valence-corrected chi connectivity index (χ4v) is 5.20. The van der Waals surface area contributed by atoms with Gasteiger partial charge >= 0.3 is 5.97 Å². The molecule has 8 heteroatoms. The van der Waals surface area contributed by atoms with Gasteiger partial charge in [-0.05, 0) is 73.7 Å². The molecule has 0 bridgehead atoms. The number of halogens is 1. The van der Waals surface area contributed by atoms with E-state index in [9.17, 15) is 13.2 Å². The molecule has 0 aliphatic carbocycles. The van der Waals surface area contributed by atoms with Gasteiger partial charge < -0.3 is 9.72 Å². The second-order valence-electron chi connectivity index (χ2n) is 7.85. The molecule has 0 saturated heterocycles. The van der Waals surface area contributed by atoms with Crippen molar-refractivity contribution >= 4 is 27.6 Å². The molecule has 0 fully saturated rings. The first-order chi connectivity index (χ1) is 15.7. The van der Waals surface area contributed by atoms with Crippen LogP contribution in [0.15, 0.2) is 53.4 Å². The molecule has 2 aromatic carbocycles. The van der Waals surface area contributed by atoms with Gasteiger partial charge in [-0.1, -0.05) is 42.8 Å². The van der Waals surface area contributed by atoms with Crippen LogP contribution in [0.5, 0.6) is 0 Å². The molecule has 1 heterocycles. The molecule has 3 aromatic rings. The Hall–Kier alpha value is -2.61. The Balaban J connectivity index is 2.02. The van der Waals surface area contributed by atoms with Gasteiger partial charge in [-0.2, -0.15) is 4.31 Å². The third-order valence-corrected chi connectivity index (χ3v) is 7.71. The van der Waals surface area contributed by atoms with Gasteiger partial charge in [0, 0.05) is 23.8 Å². The van der Waals surface area contributed by atoms with Gasteiger partial charge in [0.15, 0.2) is 0 Å². The summed E-state index contributed by atoms with van der Waals surface area (Å²) in [6.45, 7) is 7.92. The topological polar surface area (TPSA) is 79.5 Å². The molecule has 0 amide bonds. The summed E-state index contributed by atoms with van der Waals surface area (Å²) in [6, 6.07) is 14.1. The minimum absolute atomic E-state index is 0.105. The number of H-pyrrole nitrogens is 1. The van der Waals surface area contributed by atoms with Gasteiger partial charge in [-0.15, -0.1) is 0 Å². The van der Waals surface area contributed by atoms with Crippen molar-refractivity contribution in [2.45, 2.75) is 52.1 Å². The SMILES string of the molecule is CCOC(=O)c1[nH]c(C)c(CN(Cc2ccc(Cl)cc2)S(=O)(=O)c2ccc(CC)cc2)c1C. The van der Waals surface area contributed by atoms with Crippen LogP contribution in [0.25, 0.3) is 0 Å². The van der Waals surface area contributed by atoms with Crippen LogP contribution in [0.1, 0.15) is 52.3 Å². The molecular formula is C25H29ClN2O4S. The zero-order valence-corrected chi connectivity index (χ0v) is 20.9. The Labute approximate surface area is 200 Å². The number of hydrogen-bond acceptors (Lipinski definition) is 4. The maximum Gasteiger partial charge on any atom is 0.355 e. The average molecular weight is 489 g/mol. The lowest BCUT2D eigenvalue weighted by molar-refractivity contribution is 0.0519. The third-order valence-electron chi connectivity index (χ3n) is 5.65. The summed E-state index contributed by atoms with van der Waals surface area (Å²) in [4.78, 5) is 15.6. The van der Waals surface area contributed by atoms with Gasteiger partial charge in [0.1, 0.15) is 5.69 Å². The Morgan fingerprint density at radius 3 is 2.15 bits per heavy atom. The number of carbonyl (C=O) groups is 1. The number of nitrogens with one attached hydrogen (secondary N) is 1. The molecule has 6 nitrogen and oxygen atoms in total. The van der Waals surface area contributed by atoms with Crippen LogP contribution in [-0.4, -0.2) is 30.3 Å². The number of nitrogens with zero attached hydrogens (tertiary/aromatic N) is 1. The fourth-order valence-electron chi connectivity index (χ4n) is 3.68. The second-order valence-corrected chi connectivity index (χ2v) is 10.2. The van der Waals surface area contributed by atoms with Crippen LogP contribution in [0.4, 0.5) is 0 Å². The highest BCUT2D eigenvalue weighted by Crippen LogP contribution is 2.26. The van der Waals surface area contributed by atoms with Crippen LogP contribution in [0, 0.1) is 13.8 Å². The number of sulfonamides is 1. The second kappa shape index (κ2) is 10.5. The summed E-state index contributed by atoms with van der Waals surface area (Å²) < 4.78 is 33.9. The Kier molecular flexibility index (Phi) is 8.00. The smallest absolute Gasteiger partial charge is 0.355 e. The van der Waals surface area contributed by atoms with Crippen molar-refractivity contribution in [1.82, 2.24) is 9.29 Å². The highest BCUT2D eigenvalue weighted by molar-refractivity contribution is 7.89. The van der Waals surface area contributed by atoms with Crippen LogP contribution in [0.3, 0.4) is 0 Å². The number of ether oxygens (including phenoxy) is 1. The van der Waals surface area contributed by atoms with Crippen LogP contribution in [-0.2, 0) is 34.3 Å². The van der Waals surface area contributed by atoms with Crippen LogP contribution >= 0.6 is 11.6 Å². The molecule has 1 aromatic heterocycles. The number of carbonyl (C=O) groups excluding carboxylic acids is 1. The van der Waals surface area contributed by atoms with E-state index in [2.05, 4.69) is 4.98 Å². The maximum absolute atomic E-state index is 13.7. The van der Waals surface area contributed by atoms with Gasteiger partial charge in [-0.3, -0.25) is 0 Å². The summed E-state index contributed by atoms with van der Waals surface area (Å²) in [5.41, 5.74) is 4.39. The first kappa shape index (κ1) is 25.0. The van der Waals surface area contributed by atoms with E-state index in [1.807, 2.05) is 38.1 Å². The molecular weight excluding hydrogens is 460 g/mol. The quantitative estimate of drug-likeness (QED) is 0.408. The van der Waals surface area contributed by atoms with E-state index >= 15 is 0 Å².